The van der Waals surface area contributed by atoms with E-state index in [4.69, 9.17) is 23.2 Å². The van der Waals surface area contributed by atoms with E-state index in [0.29, 0.717) is 10.0 Å². The molecule has 0 aromatic heterocycles. The Labute approximate surface area is 250 Å². The van der Waals surface area contributed by atoms with Gasteiger partial charge in [-0.25, -0.2) is 8.42 Å². The third-order valence-corrected chi connectivity index (χ3v) is 8.77. The lowest BCUT2D eigenvalue weighted by atomic mass is 10.0. The average Bonchev–Trinajstić information content (AvgIpc) is 2.99. The molecule has 0 aliphatic heterocycles. The summed E-state index contributed by atoms with van der Waals surface area (Å²) in [6.07, 6.45) is 0.225. The van der Waals surface area contributed by atoms with Gasteiger partial charge in [0.05, 0.1) is 10.6 Å². The second-order valence-corrected chi connectivity index (χ2v) is 12.0. The van der Waals surface area contributed by atoms with E-state index in [0.717, 1.165) is 15.4 Å². The summed E-state index contributed by atoms with van der Waals surface area (Å²) in [5.74, 6) is -0.944. The van der Waals surface area contributed by atoms with Gasteiger partial charge < -0.3 is 10.2 Å². The Kier molecular flexibility index (Phi) is 10.0. The number of halogens is 2. The van der Waals surface area contributed by atoms with Crippen LogP contribution in [0.1, 0.15) is 11.1 Å². The van der Waals surface area contributed by atoms with Crippen LogP contribution in [0.3, 0.4) is 0 Å². The summed E-state index contributed by atoms with van der Waals surface area (Å²) in [6.45, 7) is -0.511. The van der Waals surface area contributed by atoms with Crippen LogP contribution in [0.2, 0.25) is 10.0 Å². The number of nitrogens with one attached hydrogen (secondary N) is 1. The molecule has 0 aliphatic carbocycles. The summed E-state index contributed by atoms with van der Waals surface area (Å²) in [6, 6.07) is 29.5. The summed E-state index contributed by atoms with van der Waals surface area (Å²) in [7, 11) is -2.68. The van der Waals surface area contributed by atoms with Crippen LogP contribution >= 0.6 is 23.2 Å². The first-order valence-electron chi connectivity index (χ1n) is 12.8. The maximum atomic E-state index is 14.2. The van der Waals surface area contributed by atoms with E-state index in [9.17, 15) is 18.0 Å². The number of carbonyl (C=O) groups excluding carboxylic acids is 2. The molecule has 1 atom stereocenters. The predicted octanol–water partition coefficient (Wildman–Crippen LogP) is 5.57. The fourth-order valence-electron chi connectivity index (χ4n) is 4.39. The average molecular weight is 611 g/mol. The van der Waals surface area contributed by atoms with Crippen LogP contribution in [0.4, 0.5) is 5.69 Å². The summed E-state index contributed by atoms with van der Waals surface area (Å²) in [4.78, 5) is 28.9. The molecule has 0 saturated carbocycles. The molecular weight excluding hydrogens is 581 g/mol. The van der Waals surface area contributed by atoms with Crippen molar-refractivity contribution < 1.29 is 18.0 Å². The fraction of sp³-hybridized carbons (Fsp3) is 0.161. The zero-order valence-electron chi connectivity index (χ0n) is 22.3. The molecule has 0 aliphatic rings. The molecule has 41 heavy (non-hydrogen) atoms. The molecule has 212 valence electrons. The Morgan fingerprint density at radius 1 is 0.780 bits per heavy atom. The number of carbonyl (C=O) groups is 2. The van der Waals surface area contributed by atoms with Crippen molar-refractivity contribution in [2.75, 3.05) is 17.9 Å². The third-order valence-electron chi connectivity index (χ3n) is 6.49. The van der Waals surface area contributed by atoms with Gasteiger partial charge in [-0.15, -0.1) is 0 Å². The van der Waals surface area contributed by atoms with Crippen LogP contribution in [0.5, 0.6) is 0 Å². The standard InChI is InChI=1S/C31H29Cl2N3O4S/c1-34-31(38)29(19-23-9-4-2-5-10-23)35(21-24-15-17-25(32)18-16-24)30(37)22-36(27-12-8-11-26(33)20-27)41(39,40)28-13-6-3-7-14-28/h2-18,20,29H,19,21-22H2,1H3,(H,34,38)/t29-/m0/s1. The van der Waals surface area contributed by atoms with Crippen molar-refractivity contribution in [3.8, 4) is 0 Å². The van der Waals surface area contributed by atoms with E-state index in [1.165, 1.54) is 30.1 Å². The molecule has 4 aromatic carbocycles. The summed E-state index contributed by atoms with van der Waals surface area (Å²) in [5, 5.41) is 3.50. The molecule has 0 unspecified atom stereocenters. The van der Waals surface area contributed by atoms with Crippen LogP contribution < -0.4 is 9.62 Å². The highest BCUT2D eigenvalue weighted by atomic mass is 35.5. The van der Waals surface area contributed by atoms with Crippen LogP contribution in [0, 0.1) is 0 Å². The Morgan fingerprint density at radius 3 is 2.02 bits per heavy atom. The normalized spacial score (nSPS) is 11.9. The van der Waals surface area contributed by atoms with Gasteiger partial charge in [0, 0.05) is 30.1 Å². The maximum absolute atomic E-state index is 14.2. The predicted molar refractivity (Wildman–Crippen MR) is 162 cm³/mol. The number of rotatable bonds is 11. The minimum atomic E-state index is -4.18. The topological polar surface area (TPSA) is 86.8 Å². The molecular formula is C31H29Cl2N3O4S. The van der Waals surface area contributed by atoms with Gasteiger partial charge in [-0.3, -0.25) is 13.9 Å². The van der Waals surface area contributed by atoms with Gasteiger partial charge in [-0.1, -0.05) is 89.9 Å². The maximum Gasteiger partial charge on any atom is 0.264 e. The van der Waals surface area contributed by atoms with Crippen molar-refractivity contribution in [2.24, 2.45) is 0 Å². The molecule has 0 bridgehead atoms. The molecule has 7 nitrogen and oxygen atoms in total. The number of anilines is 1. The largest absolute Gasteiger partial charge is 0.357 e. The van der Waals surface area contributed by atoms with E-state index < -0.39 is 28.5 Å². The zero-order chi connectivity index (χ0) is 29.4. The number of likely N-dealkylation sites (N-methyl/N-ethyl adjacent to an activating group) is 1. The lowest BCUT2D eigenvalue weighted by molar-refractivity contribution is -0.139. The molecule has 4 aromatic rings. The minimum Gasteiger partial charge on any atom is -0.357 e. The van der Waals surface area contributed by atoms with Gasteiger partial charge in [-0.05, 0) is 53.6 Å². The van der Waals surface area contributed by atoms with Crippen LogP contribution in [0.15, 0.2) is 114 Å². The summed E-state index contributed by atoms with van der Waals surface area (Å²) in [5.41, 5.74) is 1.80. The Bertz CT molecular complexity index is 1580. The highest BCUT2D eigenvalue weighted by Crippen LogP contribution is 2.27. The summed E-state index contributed by atoms with van der Waals surface area (Å²) >= 11 is 12.3. The molecule has 0 fully saturated rings. The van der Waals surface area contributed by atoms with Crippen LogP contribution in [-0.4, -0.2) is 44.8 Å². The zero-order valence-corrected chi connectivity index (χ0v) is 24.6. The van der Waals surface area contributed by atoms with Crippen molar-refractivity contribution in [1.82, 2.24) is 10.2 Å². The van der Waals surface area contributed by atoms with Crippen molar-refractivity contribution in [1.29, 1.82) is 0 Å². The molecule has 1 N–H and O–H groups in total. The van der Waals surface area contributed by atoms with E-state index in [1.807, 2.05) is 30.3 Å². The minimum absolute atomic E-state index is 0.0177. The second-order valence-electron chi connectivity index (χ2n) is 9.27. The number of benzene rings is 4. The van der Waals surface area contributed by atoms with Crippen LogP contribution in [0.25, 0.3) is 0 Å². The lowest BCUT2D eigenvalue weighted by Gasteiger charge is -2.33. The molecule has 0 saturated heterocycles. The van der Waals surface area contributed by atoms with Gasteiger partial charge in [0.15, 0.2) is 0 Å². The second kappa shape index (κ2) is 13.7. The lowest BCUT2D eigenvalue weighted by Crippen LogP contribution is -2.53. The quantitative estimate of drug-likeness (QED) is 0.241. The fourth-order valence-corrected chi connectivity index (χ4v) is 6.12. The number of hydrogen-bond acceptors (Lipinski definition) is 4. The Hall–Kier alpha value is -3.85. The van der Waals surface area contributed by atoms with Crippen molar-refractivity contribution in [2.45, 2.75) is 23.9 Å². The van der Waals surface area contributed by atoms with Gasteiger partial charge in [0.1, 0.15) is 12.6 Å². The first-order chi connectivity index (χ1) is 19.7. The van der Waals surface area contributed by atoms with E-state index in [-0.39, 0.29) is 29.5 Å². The SMILES string of the molecule is CNC(=O)[C@H](Cc1ccccc1)N(Cc1ccc(Cl)cc1)C(=O)CN(c1cccc(Cl)c1)S(=O)(=O)c1ccccc1. The molecule has 2 amide bonds. The van der Waals surface area contributed by atoms with Gasteiger partial charge in [-0.2, -0.15) is 0 Å². The molecule has 10 heteroatoms. The number of nitrogens with zero attached hydrogens (tertiary/aromatic N) is 2. The molecule has 0 spiro atoms. The van der Waals surface area contributed by atoms with Crippen molar-refractivity contribution in [3.05, 3.63) is 130 Å². The molecule has 0 radical (unpaired) electrons. The Morgan fingerprint density at radius 2 is 1.41 bits per heavy atom. The number of sulfonamides is 1. The monoisotopic (exact) mass is 609 g/mol. The summed E-state index contributed by atoms with van der Waals surface area (Å²) < 4.78 is 28.8. The molecule has 4 rings (SSSR count). The number of amides is 2. The smallest absolute Gasteiger partial charge is 0.264 e. The van der Waals surface area contributed by atoms with E-state index >= 15 is 0 Å². The highest BCUT2D eigenvalue weighted by Gasteiger charge is 2.34. The van der Waals surface area contributed by atoms with Gasteiger partial charge in [0.2, 0.25) is 11.8 Å². The first kappa shape index (κ1) is 30.1. The van der Waals surface area contributed by atoms with Crippen molar-refractivity contribution >= 4 is 50.7 Å². The van der Waals surface area contributed by atoms with E-state index in [1.54, 1.807) is 60.7 Å². The number of hydrogen-bond donors (Lipinski definition) is 1. The van der Waals surface area contributed by atoms with Gasteiger partial charge in [0.25, 0.3) is 10.0 Å². The Balaban J connectivity index is 1.78. The van der Waals surface area contributed by atoms with E-state index in [2.05, 4.69) is 5.32 Å². The highest BCUT2D eigenvalue weighted by molar-refractivity contribution is 7.92. The first-order valence-corrected chi connectivity index (χ1v) is 15.0. The van der Waals surface area contributed by atoms with Crippen molar-refractivity contribution in [3.63, 3.8) is 0 Å². The van der Waals surface area contributed by atoms with Gasteiger partial charge >= 0.3 is 0 Å². The molecule has 0 heterocycles. The van der Waals surface area contributed by atoms with Crippen LogP contribution in [-0.2, 0) is 32.6 Å². The third kappa shape index (κ3) is 7.67.